The van der Waals surface area contributed by atoms with E-state index in [4.69, 9.17) is 12.2 Å². The highest BCUT2D eigenvalue weighted by molar-refractivity contribution is 5.18. The molecule has 5 heteroatoms. The van der Waals surface area contributed by atoms with Crippen molar-refractivity contribution >= 4 is 0 Å². The Balaban J connectivity index is 2.76. The van der Waals surface area contributed by atoms with Gasteiger partial charge in [-0.3, -0.25) is 4.98 Å². The highest BCUT2D eigenvalue weighted by atomic mass is 19.4. The summed E-state index contributed by atoms with van der Waals surface area (Å²) in [6.07, 6.45) is 2.46. The number of halogens is 3. The van der Waals surface area contributed by atoms with Crippen molar-refractivity contribution in [2.75, 3.05) is 0 Å². The number of hydrogen-bond acceptors (Lipinski definition) is 2. The second-order valence-electron chi connectivity index (χ2n) is 3.32. The number of rotatable bonds is 3. The summed E-state index contributed by atoms with van der Waals surface area (Å²) in [4.78, 5) is 3.68. The van der Waals surface area contributed by atoms with Gasteiger partial charge in [0.1, 0.15) is 0 Å². The van der Waals surface area contributed by atoms with Gasteiger partial charge in [-0.05, 0) is 18.6 Å². The molecule has 0 aromatic carbocycles. The zero-order valence-electron chi connectivity index (χ0n) is 8.46. The van der Waals surface area contributed by atoms with Crippen LogP contribution in [0.5, 0.6) is 0 Å². The summed E-state index contributed by atoms with van der Waals surface area (Å²) in [5, 5.41) is 0. The smallest absolute Gasteiger partial charge is 0.323 e. The van der Waals surface area contributed by atoms with Crippen LogP contribution in [0.15, 0.2) is 18.3 Å². The Kier molecular flexibility index (Phi) is 3.91. The average molecular weight is 228 g/mol. The van der Waals surface area contributed by atoms with E-state index in [0.29, 0.717) is 18.5 Å². The molecule has 0 spiro atoms. The number of terminal acetylenes is 1. The van der Waals surface area contributed by atoms with Crippen molar-refractivity contribution in [2.45, 2.75) is 25.1 Å². The van der Waals surface area contributed by atoms with E-state index >= 15 is 0 Å². The maximum Gasteiger partial charge on any atom is 0.417 e. The van der Waals surface area contributed by atoms with E-state index < -0.39 is 17.8 Å². The van der Waals surface area contributed by atoms with Gasteiger partial charge < -0.3 is 5.73 Å². The van der Waals surface area contributed by atoms with E-state index in [-0.39, 0.29) is 0 Å². The van der Waals surface area contributed by atoms with Gasteiger partial charge in [0.05, 0.1) is 11.3 Å². The van der Waals surface area contributed by atoms with Crippen LogP contribution < -0.4 is 5.73 Å². The van der Waals surface area contributed by atoms with Gasteiger partial charge in [-0.25, -0.2) is 0 Å². The van der Waals surface area contributed by atoms with Gasteiger partial charge in [0, 0.05) is 18.7 Å². The number of nitrogens with two attached hydrogens (primary N) is 1. The van der Waals surface area contributed by atoms with Crippen molar-refractivity contribution in [2.24, 2.45) is 5.73 Å². The lowest BCUT2D eigenvalue weighted by molar-refractivity contribution is -0.137. The van der Waals surface area contributed by atoms with Crippen molar-refractivity contribution in [3.63, 3.8) is 0 Å². The molecule has 1 rings (SSSR count). The van der Waals surface area contributed by atoms with Crippen molar-refractivity contribution in [3.8, 4) is 12.3 Å². The zero-order valence-corrected chi connectivity index (χ0v) is 8.46. The van der Waals surface area contributed by atoms with E-state index in [1.54, 1.807) is 0 Å². The van der Waals surface area contributed by atoms with Crippen LogP contribution >= 0.6 is 0 Å². The highest BCUT2D eigenvalue weighted by Crippen LogP contribution is 2.29. The summed E-state index contributed by atoms with van der Waals surface area (Å²) in [6, 6.07) is 1.83. The van der Waals surface area contributed by atoms with Crippen molar-refractivity contribution < 1.29 is 13.2 Å². The molecule has 0 radical (unpaired) electrons. The molecule has 0 saturated heterocycles. The van der Waals surface area contributed by atoms with Crippen LogP contribution in [0, 0.1) is 12.3 Å². The molecule has 1 heterocycles. The Morgan fingerprint density at radius 3 is 2.56 bits per heavy atom. The first kappa shape index (κ1) is 12.5. The van der Waals surface area contributed by atoms with Gasteiger partial charge in [-0.2, -0.15) is 13.2 Å². The normalized spacial score (nSPS) is 13.2. The Morgan fingerprint density at radius 1 is 1.44 bits per heavy atom. The van der Waals surface area contributed by atoms with E-state index in [9.17, 15) is 13.2 Å². The molecule has 2 nitrogen and oxygen atoms in total. The van der Waals surface area contributed by atoms with Crippen LogP contribution in [0.1, 0.15) is 30.1 Å². The molecule has 1 aromatic heterocycles. The van der Waals surface area contributed by atoms with Gasteiger partial charge in [0.15, 0.2) is 0 Å². The second kappa shape index (κ2) is 4.99. The molecule has 2 N–H and O–H groups in total. The van der Waals surface area contributed by atoms with Crippen LogP contribution in [0.25, 0.3) is 0 Å². The van der Waals surface area contributed by atoms with Crippen molar-refractivity contribution in [1.29, 1.82) is 0 Å². The molecule has 86 valence electrons. The zero-order chi connectivity index (χ0) is 12.2. The van der Waals surface area contributed by atoms with Gasteiger partial charge in [0.25, 0.3) is 0 Å². The lowest BCUT2D eigenvalue weighted by Gasteiger charge is -2.11. The van der Waals surface area contributed by atoms with Gasteiger partial charge in [-0.15, -0.1) is 12.3 Å². The average Bonchev–Trinajstić information content (AvgIpc) is 2.25. The van der Waals surface area contributed by atoms with Gasteiger partial charge in [-0.1, -0.05) is 0 Å². The molecule has 0 bridgehead atoms. The molecule has 0 aliphatic rings. The molecular weight excluding hydrogens is 217 g/mol. The minimum atomic E-state index is -4.37. The van der Waals surface area contributed by atoms with E-state index in [2.05, 4.69) is 10.9 Å². The second-order valence-corrected chi connectivity index (χ2v) is 3.32. The third kappa shape index (κ3) is 3.24. The fourth-order valence-corrected chi connectivity index (χ4v) is 1.18. The van der Waals surface area contributed by atoms with E-state index in [1.165, 1.54) is 6.07 Å². The largest absolute Gasteiger partial charge is 0.417 e. The lowest BCUT2D eigenvalue weighted by atomic mass is 10.1. The maximum atomic E-state index is 12.2. The summed E-state index contributed by atoms with van der Waals surface area (Å²) < 4.78 is 36.7. The highest BCUT2D eigenvalue weighted by Gasteiger charge is 2.30. The third-order valence-corrected chi connectivity index (χ3v) is 2.09. The van der Waals surface area contributed by atoms with Crippen molar-refractivity contribution in [1.82, 2.24) is 4.98 Å². The number of alkyl halides is 3. The molecule has 0 fully saturated rings. The molecule has 1 unspecified atom stereocenters. The minimum absolute atomic E-state index is 0.418. The summed E-state index contributed by atoms with van der Waals surface area (Å²) in [5.74, 6) is 2.42. The Labute approximate surface area is 91.7 Å². The van der Waals surface area contributed by atoms with Crippen LogP contribution in [0.2, 0.25) is 0 Å². The predicted molar refractivity (Wildman–Crippen MR) is 54.2 cm³/mol. The summed E-state index contributed by atoms with van der Waals surface area (Å²) in [6.45, 7) is 0. The minimum Gasteiger partial charge on any atom is -0.323 e. The molecule has 16 heavy (non-hydrogen) atoms. The fourth-order valence-electron chi connectivity index (χ4n) is 1.18. The summed E-state index contributed by atoms with van der Waals surface area (Å²) in [7, 11) is 0. The quantitative estimate of drug-likeness (QED) is 0.807. The molecule has 1 aromatic rings. The Bertz CT molecular complexity index is 376. The van der Waals surface area contributed by atoms with Crippen LogP contribution in [0.4, 0.5) is 13.2 Å². The maximum absolute atomic E-state index is 12.2. The Morgan fingerprint density at radius 2 is 2.12 bits per heavy atom. The van der Waals surface area contributed by atoms with Gasteiger partial charge >= 0.3 is 6.18 Å². The van der Waals surface area contributed by atoms with E-state index in [1.807, 2.05) is 0 Å². The molecule has 1 atom stereocenters. The van der Waals surface area contributed by atoms with Gasteiger partial charge in [0.2, 0.25) is 0 Å². The monoisotopic (exact) mass is 228 g/mol. The molecule has 0 aliphatic heterocycles. The molecule has 0 amide bonds. The summed E-state index contributed by atoms with van der Waals surface area (Å²) in [5.41, 5.74) is 5.34. The molecular formula is C11H11F3N2. The predicted octanol–water partition coefficient (Wildman–Crippen LogP) is 2.51. The number of aromatic nitrogens is 1. The fraction of sp³-hybridized carbons (Fsp3) is 0.364. The van der Waals surface area contributed by atoms with Crippen LogP contribution in [0.3, 0.4) is 0 Å². The SMILES string of the molecule is C#CCCC(N)c1ccc(C(F)(F)F)cn1. The number of pyridine rings is 1. The van der Waals surface area contributed by atoms with E-state index in [0.717, 1.165) is 12.3 Å². The first-order valence-corrected chi connectivity index (χ1v) is 4.67. The van der Waals surface area contributed by atoms with Crippen LogP contribution in [-0.2, 0) is 6.18 Å². The number of hydrogen-bond donors (Lipinski definition) is 1. The standard InChI is InChI=1S/C11H11F3N2/c1-2-3-4-9(15)10-6-5-8(7-16-10)11(12,13)14/h1,5-7,9H,3-4,15H2. The topological polar surface area (TPSA) is 38.9 Å². The third-order valence-electron chi connectivity index (χ3n) is 2.09. The first-order valence-electron chi connectivity index (χ1n) is 4.67. The molecule has 0 aliphatic carbocycles. The molecule has 0 saturated carbocycles. The first-order chi connectivity index (χ1) is 7.45. The van der Waals surface area contributed by atoms with Crippen molar-refractivity contribution in [3.05, 3.63) is 29.6 Å². The van der Waals surface area contributed by atoms with Crippen LogP contribution in [-0.4, -0.2) is 4.98 Å². The Hall–Kier alpha value is -1.54. The lowest BCUT2D eigenvalue weighted by Crippen LogP contribution is -2.13. The number of nitrogens with zero attached hydrogens (tertiary/aromatic N) is 1. The summed E-state index contributed by atoms with van der Waals surface area (Å²) >= 11 is 0.